The summed E-state index contributed by atoms with van der Waals surface area (Å²) in [7, 11) is 0. The number of ether oxygens (including phenoxy) is 2. The van der Waals surface area contributed by atoms with Crippen LogP contribution < -0.4 is 5.32 Å². The van der Waals surface area contributed by atoms with E-state index in [0.717, 1.165) is 51.3 Å². The summed E-state index contributed by atoms with van der Waals surface area (Å²) in [5.41, 5.74) is 2.03. The number of hydrogen-bond donors (Lipinski definition) is 3. The number of rotatable bonds is 14. The summed E-state index contributed by atoms with van der Waals surface area (Å²) in [6.45, 7) is 9.51. The van der Waals surface area contributed by atoms with E-state index < -0.39 is 17.4 Å². The van der Waals surface area contributed by atoms with Crippen molar-refractivity contribution in [1.29, 1.82) is 0 Å². The first-order chi connectivity index (χ1) is 23.6. The van der Waals surface area contributed by atoms with Gasteiger partial charge >= 0.3 is 17.9 Å². The van der Waals surface area contributed by atoms with Gasteiger partial charge in [-0.25, -0.2) is 9.59 Å². The molecule has 0 spiro atoms. The van der Waals surface area contributed by atoms with Crippen LogP contribution in [0.2, 0.25) is 0 Å². The second kappa shape index (κ2) is 17.9. The lowest BCUT2D eigenvalue weighted by molar-refractivity contribution is -0.149. The van der Waals surface area contributed by atoms with Crippen molar-refractivity contribution in [3.8, 4) is 0 Å². The smallest absolute Gasteiger partial charge is 0.328 e. The second-order valence-corrected chi connectivity index (χ2v) is 12.0. The maximum absolute atomic E-state index is 12.5. The number of piperidine rings is 1. The molecule has 0 aliphatic carbocycles. The third-order valence-electron chi connectivity index (χ3n) is 8.00. The number of carboxylic acids is 2. The molecule has 0 radical (unpaired) electrons. The first-order valence-corrected chi connectivity index (χ1v) is 16.3. The largest absolute Gasteiger partial charge is 0.478 e. The number of nitrogens with one attached hydrogen (secondary N) is 1. The van der Waals surface area contributed by atoms with E-state index in [-0.39, 0.29) is 18.2 Å². The van der Waals surface area contributed by atoms with Crippen LogP contribution in [0.4, 0.5) is 5.82 Å². The number of fused-ring (bicyclic) bond motifs is 1. The molecule has 1 fully saturated rings. The van der Waals surface area contributed by atoms with Crippen LogP contribution in [-0.2, 0) is 29.3 Å². The lowest BCUT2D eigenvalue weighted by Gasteiger charge is -2.34. The third-order valence-corrected chi connectivity index (χ3v) is 8.00. The van der Waals surface area contributed by atoms with Crippen LogP contribution in [0.3, 0.4) is 0 Å². The van der Waals surface area contributed by atoms with E-state index in [1.54, 1.807) is 25.3 Å². The Labute approximate surface area is 285 Å². The summed E-state index contributed by atoms with van der Waals surface area (Å²) in [5.74, 6) is -1.68. The van der Waals surface area contributed by atoms with Gasteiger partial charge in [0, 0.05) is 31.8 Å². The standard InChI is InChI=1S/C32H40N6O3.C4H4O4/c1-4-40-31(39)32(2,3)30-35-34-28-17-16-27(36-38(28)30)33-20-11-21-37-22-18-26(19-23-37)41-29(24-12-7-5-8-13-24)25-14-9-6-10-15-25;5-3(6)1-2-4(7)8/h5-10,12-17,26,29H,4,11,18-23H2,1-3H3,(H,33,36);1-2H,(H,5,6)(H,7,8)/b;2-1+. The minimum Gasteiger partial charge on any atom is -0.478 e. The number of hydrogen-bond acceptors (Lipinski definition) is 10. The molecule has 1 saturated heterocycles. The number of nitrogens with zero attached hydrogens (tertiary/aromatic N) is 5. The monoisotopic (exact) mass is 672 g/mol. The van der Waals surface area contributed by atoms with Crippen LogP contribution in [0.25, 0.3) is 5.65 Å². The van der Waals surface area contributed by atoms with Crippen LogP contribution >= 0.6 is 0 Å². The number of anilines is 1. The average Bonchev–Trinajstić information content (AvgIpc) is 3.54. The zero-order valence-corrected chi connectivity index (χ0v) is 28.1. The maximum atomic E-state index is 12.5. The van der Waals surface area contributed by atoms with Crippen molar-refractivity contribution in [2.24, 2.45) is 0 Å². The van der Waals surface area contributed by atoms with Gasteiger partial charge in [-0.1, -0.05) is 60.7 Å². The van der Waals surface area contributed by atoms with Crippen LogP contribution in [0.5, 0.6) is 0 Å². The molecular formula is C36H44N6O7. The molecule has 260 valence electrons. The fourth-order valence-electron chi connectivity index (χ4n) is 5.40. The molecule has 13 nitrogen and oxygen atoms in total. The molecule has 1 aliphatic rings. The molecule has 5 rings (SSSR count). The quantitative estimate of drug-likeness (QED) is 0.0957. The fourth-order valence-corrected chi connectivity index (χ4v) is 5.40. The highest BCUT2D eigenvalue weighted by molar-refractivity contribution is 5.89. The van der Waals surface area contributed by atoms with Crippen molar-refractivity contribution in [3.05, 3.63) is 102 Å². The summed E-state index contributed by atoms with van der Waals surface area (Å²) in [6.07, 6.45) is 4.35. The van der Waals surface area contributed by atoms with E-state index in [9.17, 15) is 14.4 Å². The average molecular weight is 673 g/mol. The molecule has 0 saturated carbocycles. The van der Waals surface area contributed by atoms with E-state index in [1.165, 1.54) is 11.1 Å². The zero-order valence-electron chi connectivity index (χ0n) is 28.1. The lowest BCUT2D eigenvalue weighted by atomic mass is 9.93. The maximum Gasteiger partial charge on any atom is 0.328 e. The van der Waals surface area contributed by atoms with E-state index in [0.29, 0.717) is 30.2 Å². The highest BCUT2D eigenvalue weighted by atomic mass is 16.5. The van der Waals surface area contributed by atoms with E-state index in [1.807, 2.05) is 24.3 Å². The van der Waals surface area contributed by atoms with Crippen molar-refractivity contribution in [1.82, 2.24) is 24.7 Å². The molecule has 3 heterocycles. The van der Waals surface area contributed by atoms with E-state index >= 15 is 0 Å². The van der Waals surface area contributed by atoms with Gasteiger partial charge in [0.05, 0.1) is 12.7 Å². The molecule has 0 unspecified atom stereocenters. The van der Waals surface area contributed by atoms with E-state index in [2.05, 4.69) is 74.0 Å². The van der Waals surface area contributed by atoms with Gasteiger partial charge in [-0.2, -0.15) is 4.52 Å². The van der Waals surface area contributed by atoms with Gasteiger partial charge in [0.2, 0.25) is 0 Å². The van der Waals surface area contributed by atoms with Crippen molar-refractivity contribution in [3.63, 3.8) is 0 Å². The van der Waals surface area contributed by atoms with Crippen LogP contribution in [0, 0.1) is 0 Å². The molecular weight excluding hydrogens is 628 g/mol. The number of carboxylic acid groups (broad SMARTS) is 2. The fraction of sp³-hybridized carbons (Fsp3) is 0.389. The summed E-state index contributed by atoms with van der Waals surface area (Å²) in [6, 6.07) is 24.8. The van der Waals surface area contributed by atoms with E-state index in [4.69, 9.17) is 19.7 Å². The Morgan fingerprint density at radius 1 is 0.918 bits per heavy atom. The molecule has 2 aromatic carbocycles. The molecule has 1 aliphatic heterocycles. The van der Waals surface area contributed by atoms with Gasteiger partial charge in [-0.3, -0.25) is 4.79 Å². The lowest BCUT2D eigenvalue weighted by Crippen LogP contribution is -2.38. The number of benzene rings is 2. The number of aliphatic carboxylic acids is 2. The third kappa shape index (κ3) is 10.7. The van der Waals surface area contributed by atoms with Crippen LogP contribution in [0.15, 0.2) is 84.9 Å². The Balaban J connectivity index is 0.000000603. The Kier molecular flexibility index (Phi) is 13.4. The van der Waals surface area contributed by atoms with Gasteiger partial charge in [0.1, 0.15) is 17.3 Å². The first kappa shape index (κ1) is 36.7. The Morgan fingerprint density at radius 2 is 1.51 bits per heavy atom. The van der Waals surface area contributed by atoms with Crippen molar-refractivity contribution < 1.29 is 34.1 Å². The molecule has 3 N–H and O–H groups in total. The SMILES string of the molecule is CCOC(=O)C(C)(C)c1nnc2ccc(NCCCN3CCC(OC(c4ccccc4)c4ccccc4)CC3)nn12.O=C(O)/C=C/C(=O)O. The van der Waals surface area contributed by atoms with Crippen molar-refractivity contribution >= 4 is 29.4 Å². The van der Waals surface area contributed by atoms with Crippen molar-refractivity contribution in [2.75, 3.05) is 38.1 Å². The van der Waals surface area contributed by atoms with Crippen LogP contribution in [0.1, 0.15) is 63.1 Å². The zero-order chi connectivity index (χ0) is 35.2. The molecule has 0 amide bonds. The van der Waals surface area contributed by atoms with Gasteiger partial charge in [-0.15, -0.1) is 15.3 Å². The molecule has 0 bridgehead atoms. The summed E-state index contributed by atoms with van der Waals surface area (Å²) >= 11 is 0. The minimum absolute atomic E-state index is 0.0444. The normalized spacial score (nSPS) is 14.0. The topological polar surface area (TPSA) is 168 Å². The molecule has 0 atom stereocenters. The second-order valence-electron chi connectivity index (χ2n) is 12.0. The summed E-state index contributed by atoms with van der Waals surface area (Å²) < 4.78 is 13.6. The van der Waals surface area contributed by atoms with Crippen molar-refractivity contribution in [2.45, 2.75) is 57.7 Å². The first-order valence-electron chi connectivity index (χ1n) is 16.3. The number of esters is 1. The summed E-state index contributed by atoms with van der Waals surface area (Å²) in [4.78, 5) is 34.1. The predicted molar refractivity (Wildman–Crippen MR) is 183 cm³/mol. The number of carbonyl (C=O) groups is 3. The molecule has 13 heteroatoms. The summed E-state index contributed by atoms with van der Waals surface area (Å²) in [5, 5.41) is 32.1. The van der Waals surface area contributed by atoms with Gasteiger partial charge in [0.15, 0.2) is 11.5 Å². The van der Waals surface area contributed by atoms with Gasteiger partial charge in [0.25, 0.3) is 0 Å². The number of aromatic nitrogens is 4. The Morgan fingerprint density at radius 3 is 2.06 bits per heavy atom. The molecule has 2 aromatic heterocycles. The highest BCUT2D eigenvalue weighted by Crippen LogP contribution is 2.30. The Hall–Kier alpha value is -5.14. The Bertz CT molecular complexity index is 1630. The predicted octanol–water partition coefficient (Wildman–Crippen LogP) is 4.75. The molecule has 49 heavy (non-hydrogen) atoms. The van der Waals surface area contributed by atoms with Crippen LogP contribution in [-0.4, -0.2) is 91.7 Å². The van der Waals surface area contributed by atoms with Gasteiger partial charge in [-0.05, 0) is 69.8 Å². The molecule has 4 aromatic rings. The van der Waals surface area contributed by atoms with Gasteiger partial charge < -0.3 is 29.9 Å². The highest BCUT2D eigenvalue weighted by Gasteiger charge is 2.37. The number of carbonyl (C=O) groups excluding carboxylic acids is 1. The minimum atomic E-state index is -1.26. The number of likely N-dealkylation sites (tertiary alicyclic amines) is 1.